The Labute approximate surface area is 119 Å². The van der Waals surface area contributed by atoms with E-state index in [0.717, 1.165) is 11.8 Å². The quantitative estimate of drug-likeness (QED) is 0.918. The van der Waals surface area contributed by atoms with Crippen molar-refractivity contribution < 1.29 is 9.90 Å². The summed E-state index contributed by atoms with van der Waals surface area (Å²) in [5, 5.41) is 9.72. The summed E-state index contributed by atoms with van der Waals surface area (Å²) in [6.45, 7) is 0.586. The molecule has 4 heteroatoms. The highest BCUT2D eigenvalue weighted by atomic mass is 16.4. The van der Waals surface area contributed by atoms with Crippen molar-refractivity contribution >= 4 is 5.97 Å². The average molecular weight is 274 g/mol. The lowest BCUT2D eigenvalue weighted by atomic mass is 9.49. The van der Waals surface area contributed by atoms with Crippen molar-refractivity contribution in [3.05, 3.63) is 18.7 Å². The summed E-state index contributed by atoms with van der Waals surface area (Å²) < 4.78 is 1.93. The second kappa shape index (κ2) is 4.61. The summed E-state index contributed by atoms with van der Waals surface area (Å²) >= 11 is 0. The minimum atomic E-state index is -0.615. The van der Waals surface area contributed by atoms with Gasteiger partial charge in [-0.15, -0.1) is 0 Å². The molecule has 1 atom stereocenters. The number of hydrogen-bond acceptors (Lipinski definition) is 2. The first kappa shape index (κ1) is 12.4. The van der Waals surface area contributed by atoms with E-state index >= 15 is 0 Å². The van der Waals surface area contributed by atoms with Gasteiger partial charge in [0.2, 0.25) is 0 Å². The predicted molar refractivity (Wildman–Crippen MR) is 73.9 cm³/mol. The van der Waals surface area contributed by atoms with Crippen molar-refractivity contribution in [2.75, 3.05) is 0 Å². The molecule has 0 amide bonds. The molecule has 108 valence electrons. The SMILES string of the molecule is O=C(O)C(Cn1ccnc1)C1C2CC3CC(C2)CC1C3. The molecule has 1 aromatic heterocycles. The predicted octanol–water partition coefficient (Wildman–Crippen LogP) is 2.66. The third-order valence-electron chi connectivity index (χ3n) is 6.05. The van der Waals surface area contributed by atoms with Gasteiger partial charge in [0, 0.05) is 18.9 Å². The number of nitrogens with zero attached hydrogens (tertiary/aromatic N) is 2. The molecule has 0 spiro atoms. The van der Waals surface area contributed by atoms with Crippen molar-refractivity contribution in [2.24, 2.45) is 35.5 Å². The van der Waals surface area contributed by atoms with Crippen LogP contribution in [0.5, 0.6) is 0 Å². The van der Waals surface area contributed by atoms with Crippen molar-refractivity contribution in [1.82, 2.24) is 9.55 Å². The summed E-state index contributed by atoms with van der Waals surface area (Å²) in [6, 6.07) is 0. The van der Waals surface area contributed by atoms with E-state index in [-0.39, 0.29) is 5.92 Å². The van der Waals surface area contributed by atoms with Crippen LogP contribution >= 0.6 is 0 Å². The molecular formula is C16H22N2O2. The van der Waals surface area contributed by atoms with Crippen molar-refractivity contribution in [2.45, 2.75) is 38.6 Å². The molecule has 1 aromatic rings. The minimum Gasteiger partial charge on any atom is -0.481 e. The largest absolute Gasteiger partial charge is 0.481 e. The van der Waals surface area contributed by atoms with Crippen LogP contribution in [0.1, 0.15) is 32.1 Å². The molecular weight excluding hydrogens is 252 g/mol. The molecule has 4 aliphatic carbocycles. The fraction of sp³-hybridized carbons (Fsp3) is 0.750. The zero-order valence-corrected chi connectivity index (χ0v) is 11.7. The van der Waals surface area contributed by atoms with Gasteiger partial charge in [-0.05, 0) is 61.7 Å². The number of rotatable bonds is 4. The number of carbonyl (C=O) groups is 1. The highest BCUT2D eigenvalue weighted by Gasteiger charge is 2.51. The van der Waals surface area contributed by atoms with Gasteiger partial charge in [-0.3, -0.25) is 4.79 Å². The molecule has 4 fully saturated rings. The van der Waals surface area contributed by atoms with E-state index in [4.69, 9.17) is 0 Å². The van der Waals surface area contributed by atoms with Gasteiger partial charge in [0.25, 0.3) is 0 Å². The molecule has 4 bridgehead atoms. The average Bonchev–Trinajstić information content (AvgIpc) is 2.88. The zero-order chi connectivity index (χ0) is 13.7. The van der Waals surface area contributed by atoms with Crippen LogP contribution in [0.2, 0.25) is 0 Å². The molecule has 0 radical (unpaired) electrons. The van der Waals surface area contributed by atoms with Gasteiger partial charge in [-0.2, -0.15) is 0 Å². The standard InChI is InChI=1S/C16H22N2O2/c19-16(20)14(8-18-2-1-17-9-18)15-12-4-10-3-11(6-12)7-13(15)5-10/h1-2,9-15H,3-8H2,(H,19,20). The Morgan fingerprint density at radius 1 is 1.20 bits per heavy atom. The van der Waals surface area contributed by atoms with Crippen molar-refractivity contribution in [3.63, 3.8) is 0 Å². The van der Waals surface area contributed by atoms with Crippen LogP contribution in [-0.4, -0.2) is 20.6 Å². The molecule has 1 unspecified atom stereocenters. The van der Waals surface area contributed by atoms with Gasteiger partial charge >= 0.3 is 5.97 Å². The van der Waals surface area contributed by atoms with E-state index in [2.05, 4.69) is 4.98 Å². The van der Waals surface area contributed by atoms with Crippen LogP contribution in [0, 0.1) is 35.5 Å². The Balaban J connectivity index is 1.58. The van der Waals surface area contributed by atoms with E-state index in [9.17, 15) is 9.90 Å². The normalized spacial score (nSPS) is 39.9. The van der Waals surface area contributed by atoms with Gasteiger partial charge in [0.15, 0.2) is 0 Å². The number of hydrogen-bond donors (Lipinski definition) is 1. The molecule has 1 heterocycles. The van der Waals surface area contributed by atoms with E-state index < -0.39 is 5.97 Å². The van der Waals surface area contributed by atoms with E-state index in [1.54, 1.807) is 12.5 Å². The maximum absolute atomic E-state index is 11.8. The van der Waals surface area contributed by atoms with E-state index in [0.29, 0.717) is 24.3 Å². The van der Waals surface area contributed by atoms with Gasteiger partial charge in [-0.1, -0.05) is 0 Å². The highest BCUT2D eigenvalue weighted by Crippen LogP contribution is 2.58. The fourth-order valence-corrected chi connectivity index (χ4v) is 5.61. The molecule has 5 rings (SSSR count). The molecule has 0 aromatic carbocycles. The molecule has 1 N–H and O–H groups in total. The Kier molecular flexibility index (Phi) is 2.86. The first-order valence-corrected chi connectivity index (χ1v) is 7.89. The Morgan fingerprint density at radius 3 is 2.35 bits per heavy atom. The lowest BCUT2D eigenvalue weighted by Crippen LogP contribution is -2.50. The maximum Gasteiger partial charge on any atom is 0.308 e. The van der Waals surface area contributed by atoms with Crippen molar-refractivity contribution in [1.29, 1.82) is 0 Å². The third-order valence-corrected chi connectivity index (χ3v) is 6.05. The topological polar surface area (TPSA) is 55.1 Å². The number of imidazole rings is 1. The number of carboxylic acids is 1. The highest BCUT2D eigenvalue weighted by molar-refractivity contribution is 5.70. The summed E-state index contributed by atoms with van der Waals surface area (Å²) in [6.07, 6.45) is 11.9. The summed E-state index contributed by atoms with van der Waals surface area (Å²) in [4.78, 5) is 15.9. The van der Waals surface area contributed by atoms with E-state index in [1.165, 1.54) is 32.1 Å². The number of carboxylic acid groups (broad SMARTS) is 1. The van der Waals surface area contributed by atoms with Crippen LogP contribution in [0.3, 0.4) is 0 Å². The van der Waals surface area contributed by atoms with Crippen LogP contribution in [0.15, 0.2) is 18.7 Å². The minimum absolute atomic E-state index is 0.237. The molecule has 20 heavy (non-hydrogen) atoms. The molecule has 4 saturated carbocycles. The van der Waals surface area contributed by atoms with Gasteiger partial charge in [0.05, 0.1) is 12.2 Å². The molecule has 0 saturated heterocycles. The molecule has 4 nitrogen and oxygen atoms in total. The zero-order valence-electron chi connectivity index (χ0n) is 11.7. The van der Waals surface area contributed by atoms with Crippen LogP contribution in [0.25, 0.3) is 0 Å². The van der Waals surface area contributed by atoms with E-state index in [1.807, 2.05) is 10.8 Å². The van der Waals surface area contributed by atoms with Crippen LogP contribution in [-0.2, 0) is 11.3 Å². The van der Waals surface area contributed by atoms with Gasteiger partial charge < -0.3 is 9.67 Å². The maximum atomic E-state index is 11.8. The Hall–Kier alpha value is -1.32. The number of aliphatic carboxylic acids is 1. The first-order chi connectivity index (χ1) is 9.70. The summed E-state index contributed by atoms with van der Waals surface area (Å²) in [7, 11) is 0. The summed E-state index contributed by atoms with van der Waals surface area (Å²) in [5.41, 5.74) is 0. The number of aromatic nitrogens is 2. The second-order valence-corrected chi connectivity index (χ2v) is 7.21. The smallest absolute Gasteiger partial charge is 0.308 e. The Morgan fingerprint density at radius 2 is 1.85 bits per heavy atom. The Bertz CT molecular complexity index is 469. The van der Waals surface area contributed by atoms with Crippen molar-refractivity contribution in [3.8, 4) is 0 Å². The van der Waals surface area contributed by atoms with Crippen LogP contribution < -0.4 is 0 Å². The van der Waals surface area contributed by atoms with Gasteiger partial charge in [0.1, 0.15) is 0 Å². The molecule has 0 aliphatic heterocycles. The summed E-state index contributed by atoms with van der Waals surface area (Å²) in [5.74, 6) is 2.66. The monoisotopic (exact) mass is 274 g/mol. The lowest BCUT2D eigenvalue weighted by molar-refractivity contribution is -0.152. The lowest BCUT2D eigenvalue weighted by Gasteiger charge is -2.55. The van der Waals surface area contributed by atoms with Crippen LogP contribution in [0.4, 0.5) is 0 Å². The first-order valence-electron chi connectivity index (χ1n) is 7.89. The fourth-order valence-electron chi connectivity index (χ4n) is 5.61. The third kappa shape index (κ3) is 1.97. The molecule has 4 aliphatic rings. The second-order valence-electron chi connectivity index (χ2n) is 7.21. The van der Waals surface area contributed by atoms with Gasteiger partial charge in [-0.25, -0.2) is 4.98 Å².